The second kappa shape index (κ2) is 5.59. The van der Waals surface area contributed by atoms with Crippen molar-refractivity contribution in [1.29, 1.82) is 0 Å². The fourth-order valence-electron chi connectivity index (χ4n) is 1.55. The van der Waals surface area contributed by atoms with Gasteiger partial charge in [0.15, 0.2) is 6.10 Å². The molecule has 0 aliphatic heterocycles. The highest BCUT2D eigenvalue weighted by Crippen LogP contribution is 2.26. The van der Waals surface area contributed by atoms with Crippen LogP contribution in [-0.2, 0) is 19.7 Å². The zero-order valence-corrected chi connectivity index (χ0v) is 9.92. The maximum absolute atomic E-state index is 11.5. The first kappa shape index (κ1) is 13.4. The normalized spacial score (nSPS) is 15.7. The Hall–Kier alpha value is -1.68. The topological polar surface area (TPSA) is 63.6 Å². The van der Waals surface area contributed by atoms with Crippen LogP contribution in [0, 0.1) is 0 Å². The lowest BCUT2D eigenvalue weighted by Gasteiger charge is -2.27. The van der Waals surface area contributed by atoms with Crippen LogP contribution in [0.15, 0.2) is 30.3 Å². The molecule has 4 heteroatoms. The molecule has 0 fully saturated rings. The third kappa shape index (κ3) is 2.71. The number of aldehydes is 1. The van der Waals surface area contributed by atoms with Gasteiger partial charge >= 0.3 is 5.97 Å². The molecule has 0 aliphatic rings. The second-order valence-corrected chi connectivity index (χ2v) is 3.92. The summed E-state index contributed by atoms with van der Waals surface area (Å²) in [5.41, 5.74) is -0.705. The Morgan fingerprint density at radius 1 is 1.47 bits per heavy atom. The molecule has 4 nitrogen and oxygen atoms in total. The van der Waals surface area contributed by atoms with Gasteiger partial charge in [-0.3, -0.25) is 0 Å². The van der Waals surface area contributed by atoms with Crippen LogP contribution in [0.4, 0.5) is 0 Å². The summed E-state index contributed by atoms with van der Waals surface area (Å²) in [5.74, 6) is -0.786. The maximum Gasteiger partial charge on any atom is 0.336 e. The molecule has 1 aromatic rings. The molecule has 2 atom stereocenters. The van der Waals surface area contributed by atoms with Crippen molar-refractivity contribution >= 4 is 12.3 Å². The number of carbonyl (C=O) groups excluding carboxylic acids is 2. The first-order valence-corrected chi connectivity index (χ1v) is 5.42. The summed E-state index contributed by atoms with van der Waals surface area (Å²) in [6, 6.07) is 8.67. The molecular weight excluding hydrogens is 220 g/mol. The largest absolute Gasteiger partial charge is 0.464 e. The van der Waals surface area contributed by atoms with Gasteiger partial charge in [-0.1, -0.05) is 30.3 Å². The first-order valence-electron chi connectivity index (χ1n) is 5.42. The fourth-order valence-corrected chi connectivity index (χ4v) is 1.55. The number of carbonyl (C=O) groups is 2. The summed E-state index contributed by atoms with van der Waals surface area (Å²) in [6.45, 7) is 3.32. The van der Waals surface area contributed by atoms with Gasteiger partial charge in [-0.05, 0) is 19.4 Å². The third-order valence-corrected chi connectivity index (χ3v) is 2.72. The minimum absolute atomic E-state index is 0.166. The van der Waals surface area contributed by atoms with E-state index in [1.807, 2.05) is 0 Å². The number of benzene rings is 1. The van der Waals surface area contributed by atoms with Crippen molar-refractivity contribution in [1.82, 2.24) is 0 Å². The lowest BCUT2D eigenvalue weighted by atomic mass is 9.79. The summed E-state index contributed by atoms with van der Waals surface area (Å²) in [4.78, 5) is 22.7. The van der Waals surface area contributed by atoms with E-state index in [1.165, 1.54) is 6.92 Å². The molecule has 0 heterocycles. The predicted octanol–water partition coefficient (Wildman–Crippen LogP) is 1.07. The Morgan fingerprint density at radius 3 is 2.53 bits per heavy atom. The van der Waals surface area contributed by atoms with Gasteiger partial charge < -0.3 is 14.6 Å². The smallest absolute Gasteiger partial charge is 0.336 e. The van der Waals surface area contributed by atoms with Gasteiger partial charge in [0.25, 0.3) is 0 Å². The van der Waals surface area contributed by atoms with Crippen LogP contribution in [0.25, 0.3) is 0 Å². The molecule has 0 radical (unpaired) electrons. The quantitative estimate of drug-likeness (QED) is 0.613. The number of hydrogen-bond acceptors (Lipinski definition) is 4. The highest BCUT2D eigenvalue weighted by Gasteiger charge is 2.40. The molecule has 0 amide bonds. The van der Waals surface area contributed by atoms with Crippen molar-refractivity contribution in [3.8, 4) is 0 Å². The number of esters is 1. The summed E-state index contributed by atoms with van der Waals surface area (Å²) >= 11 is 0. The first-order chi connectivity index (χ1) is 8.06. The molecule has 92 valence electrons. The summed E-state index contributed by atoms with van der Waals surface area (Å²) in [7, 11) is 0. The molecule has 0 bridgehead atoms. The van der Waals surface area contributed by atoms with Crippen LogP contribution in [0.1, 0.15) is 19.4 Å². The van der Waals surface area contributed by atoms with Gasteiger partial charge in [-0.25, -0.2) is 4.79 Å². The van der Waals surface area contributed by atoms with Crippen molar-refractivity contribution in [3.63, 3.8) is 0 Å². The monoisotopic (exact) mass is 236 g/mol. The zero-order chi connectivity index (χ0) is 12.9. The predicted molar refractivity (Wildman–Crippen MR) is 62.5 cm³/mol. The van der Waals surface area contributed by atoms with Crippen molar-refractivity contribution in [2.75, 3.05) is 6.61 Å². The van der Waals surface area contributed by atoms with Crippen molar-refractivity contribution in [2.24, 2.45) is 0 Å². The van der Waals surface area contributed by atoms with Crippen LogP contribution >= 0.6 is 0 Å². The maximum atomic E-state index is 11.5. The highest BCUT2D eigenvalue weighted by atomic mass is 16.5. The van der Waals surface area contributed by atoms with Crippen molar-refractivity contribution in [2.45, 2.75) is 25.4 Å². The van der Waals surface area contributed by atoms with E-state index in [4.69, 9.17) is 4.74 Å². The molecule has 0 spiro atoms. The van der Waals surface area contributed by atoms with Crippen LogP contribution in [0.3, 0.4) is 0 Å². The van der Waals surface area contributed by atoms with E-state index in [2.05, 4.69) is 0 Å². The van der Waals surface area contributed by atoms with Gasteiger partial charge in [-0.15, -0.1) is 0 Å². The Kier molecular flexibility index (Phi) is 4.40. The van der Waals surface area contributed by atoms with E-state index >= 15 is 0 Å². The van der Waals surface area contributed by atoms with E-state index in [-0.39, 0.29) is 6.61 Å². The number of hydrogen-bond donors (Lipinski definition) is 1. The van der Waals surface area contributed by atoms with E-state index in [0.29, 0.717) is 11.8 Å². The van der Waals surface area contributed by atoms with Crippen molar-refractivity contribution in [3.05, 3.63) is 35.9 Å². The van der Waals surface area contributed by atoms with Gasteiger partial charge in [-0.2, -0.15) is 0 Å². The van der Waals surface area contributed by atoms with Crippen LogP contribution in [0.2, 0.25) is 0 Å². The Bertz CT molecular complexity index is 388. The molecule has 1 aromatic carbocycles. The van der Waals surface area contributed by atoms with E-state index in [9.17, 15) is 14.7 Å². The second-order valence-electron chi connectivity index (χ2n) is 3.92. The minimum Gasteiger partial charge on any atom is -0.464 e. The molecule has 0 saturated carbocycles. The Morgan fingerprint density at radius 2 is 2.06 bits per heavy atom. The molecular formula is C13H16O4. The summed E-state index contributed by atoms with van der Waals surface area (Å²) in [5, 5.41) is 9.92. The average Bonchev–Trinajstić information content (AvgIpc) is 2.38. The number of ether oxygens (including phenoxy) is 1. The van der Waals surface area contributed by atoms with Gasteiger partial charge in [0.2, 0.25) is 0 Å². The molecule has 1 N–H and O–H groups in total. The number of aliphatic hydroxyl groups is 1. The molecule has 0 aliphatic carbocycles. The minimum atomic E-state index is -1.50. The van der Waals surface area contributed by atoms with E-state index in [1.54, 1.807) is 37.3 Å². The standard InChI is InChI=1S/C13H16O4/c1-3-17-12(16)11(15)13(2,9-14)10-7-5-4-6-8-10/h4-9,11,15H,3H2,1-2H3/t11-,13-/m0/s1. The average molecular weight is 236 g/mol. The van der Waals surface area contributed by atoms with Gasteiger partial charge in [0, 0.05) is 0 Å². The number of aliphatic hydroxyl groups excluding tert-OH is 1. The Labute approximate surface area is 100 Å². The van der Waals surface area contributed by atoms with Gasteiger partial charge in [0.05, 0.1) is 12.0 Å². The molecule has 0 unspecified atom stereocenters. The third-order valence-electron chi connectivity index (χ3n) is 2.72. The lowest BCUT2D eigenvalue weighted by Crippen LogP contribution is -2.44. The highest BCUT2D eigenvalue weighted by molar-refractivity contribution is 5.84. The zero-order valence-electron chi connectivity index (χ0n) is 9.92. The van der Waals surface area contributed by atoms with E-state index < -0.39 is 17.5 Å². The molecule has 17 heavy (non-hydrogen) atoms. The summed E-state index contributed by atoms with van der Waals surface area (Å²) < 4.78 is 4.73. The molecule has 1 rings (SSSR count). The molecule has 0 aromatic heterocycles. The number of rotatable bonds is 5. The van der Waals surface area contributed by atoms with Crippen LogP contribution < -0.4 is 0 Å². The van der Waals surface area contributed by atoms with E-state index in [0.717, 1.165) is 0 Å². The van der Waals surface area contributed by atoms with Crippen LogP contribution in [0.5, 0.6) is 0 Å². The fraction of sp³-hybridized carbons (Fsp3) is 0.385. The summed E-state index contributed by atoms with van der Waals surface area (Å²) in [6.07, 6.45) is -0.924. The van der Waals surface area contributed by atoms with Gasteiger partial charge in [0.1, 0.15) is 6.29 Å². The molecule has 0 saturated heterocycles. The van der Waals surface area contributed by atoms with Crippen LogP contribution in [-0.4, -0.2) is 30.1 Å². The Balaban J connectivity index is 3.04. The van der Waals surface area contributed by atoms with Crippen molar-refractivity contribution < 1.29 is 19.4 Å². The SMILES string of the molecule is CCOC(=O)[C@H](O)[C@@](C)(C=O)c1ccccc1. The lowest BCUT2D eigenvalue weighted by molar-refractivity contribution is -0.158.